The summed E-state index contributed by atoms with van der Waals surface area (Å²) in [6.07, 6.45) is 1.15. The van der Waals surface area contributed by atoms with Crippen molar-refractivity contribution in [3.05, 3.63) is 148 Å². The number of carbonyl (C=O) groups excluding carboxylic acids is 1. The molecule has 1 unspecified atom stereocenters. The molecule has 0 saturated carbocycles. The van der Waals surface area contributed by atoms with Crippen LogP contribution in [0, 0.1) is 10.1 Å². The summed E-state index contributed by atoms with van der Waals surface area (Å²) < 4.78 is 12.2. The van der Waals surface area contributed by atoms with Crippen molar-refractivity contribution in [3.63, 3.8) is 0 Å². The van der Waals surface area contributed by atoms with E-state index in [9.17, 15) is 14.9 Å². The largest absolute Gasteiger partial charge is 0.459 e. The molecule has 0 saturated heterocycles. The smallest absolute Gasteiger partial charge is 0.333 e. The molecule has 0 spiro atoms. The van der Waals surface area contributed by atoms with Gasteiger partial charge in [0, 0.05) is 24.3 Å². The molecule has 0 N–H and O–H groups in total. The van der Waals surface area contributed by atoms with Gasteiger partial charge < -0.3 is 9.16 Å². The van der Waals surface area contributed by atoms with Crippen molar-refractivity contribution >= 4 is 27.6 Å². The van der Waals surface area contributed by atoms with Gasteiger partial charge in [-0.1, -0.05) is 105 Å². The number of esters is 1. The quantitative estimate of drug-likeness (QED) is 0.0581. The lowest BCUT2D eigenvalue weighted by molar-refractivity contribution is -0.384. The van der Waals surface area contributed by atoms with Crippen LogP contribution in [0.2, 0.25) is 5.04 Å². The first kappa shape index (κ1) is 30.6. The van der Waals surface area contributed by atoms with Crippen LogP contribution in [-0.2, 0) is 20.6 Å². The Morgan fingerprint density at radius 3 is 1.93 bits per heavy atom. The Morgan fingerprint density at radius 1 is 0.881 bits per heavy atom. The first-order valence-corrected chi connectivity index (χ1v) is 15.2. The zero-order valence-corrected chi connectivity index (χ0v) is 25.5. The molecule has 42 heavy (non-hydrogen) atoms. The summed E-state index contributed by atoms with van der Waals surface area (Å²) in [5.41, 5.74) is 3.94. The molecule has 216 valence electrons. The zero-order valence-electron chi connectivity index (χ0n) is 24.1. The van der Waals surface area contributed by atoms with Crippen LogP contribution in [0.25, 0.3) is 0 Å². The van der Waals surface area contributed by atoms with E-state index < -0.39 is 32.8 Å². The average Bonchev–Trinajstić information content (AvgIpc) is 3.01. The van der Waals surface area contributed by atoms with Gasteiger partial charge in [0.1, 0.15) is 6.61 Å². The summed E-state index contributed by atoms with van der Waals surface area (Å²) in [6, 6.07) is 35.5. The van der Waals surface area contributed by atoms with E-state index in [1.165, 1.54) is 23.3 Å². The average molecular weight is 581 g/mol. The molecule has 0 aromatic heterocycles. The van der Waals surface area contributed by atoms with Crippen molar-refractivity contribution < 1.29 is 18.9 Å². The van der Waals surface area contributed by atoms with Crippen LogP contribution in [0.5, 0.6) is 0 Å². The molecule has 0 fully saturated rings. The van der Waals surface area contributed by atoms with E-state index in [1.54, 1.807) is 18.3 Å². The van der Waals surface area contributed by atoms with E-state index >= 15 is 0 Å². The van der Waals surface area contributed by atoms with Crippen molar-refractivity contribution in [3.8, 4) is 0 Å². The van der Waals surface area contributed by atoms with Crippen molar-refractivity contribution in [2.75, 3.05) is 0 Å². The highest BCUT2D eigenvalue weighted by Crippen LogP contribution is 2.46. The number of ether oxygens (including phenoxy) is 1. The van der Waals surface area contributed by atoms with Crippen molar-refractivity contribution in [2.24, 2.45) is 4.99 Å². The predicted molar refractivity (Wildman–Crippen MR) is 169 cm³/mol. The molecular formula is C34H36N2O5Si. The van der Waals surface area contributed by atoms with E-state index in [0.29, 0.717) is 5.56 Å². The highest BCUT2D eigenvalue weighted by Gasteiger charge is 2.35. The number of nitro groups is 1. The third kappa shape index (κ3) is 8.31. The molecule has 0 bridgehead atoms. The van der Waals surface area contributed by atoms with Gasteiger partial charge in [-0.2, -0.15) is 0 Å². The van der Waals surface area contributed by atoms with Crippen LogP contribution in [0.3, 0.4) is 0 Å². The number of non-ortho nitro benzene ring substituents is 1. The summed E-state index contributed by atoms with van der Waals surface area (Å²) in [4.78, 5) is 28.5. The lowest BCUT2D eigenvalue weighted by Crippen LogP contribution is -2.37. The van der Waals surface area contributed by atoms with Gasteiger partial charge >= 0.3 is 5.97 Å². The maximum Gasteiger partial charge on any atom is 0.333 e. The maximum atomic E-state index is 13.3. The van der Waals surface area contributed by atoms with Crippen molar-refractivity contribution in [1.29, 1.82) is 0 Å². The number of benzene rings is 4. The summed E-state index contributed by atoms with van der Waals surface area (Å²) in [5.74, 6) is -0.387. The molecule has 4 rings (SSSR count). The molecule has 8 heteroatoms. The minimum atomic E-state index is -1.22. The standard InChI is InChI=1S/C34H36N2O5Si/c1-25(41-42-34(2,3)31(28-15-9-5-10-16-28)29-17-11-6-12-18-29)32(35-23-26-13-7-4-8-14-26)33(37)40-24-27-19-21-30(22-20-27)36(38)39/h4-23,25,31-32H,24,42H2,1-3H3/b35-23+/t25?,32-/m0/s1. The highest BCUT2D eigenvalue weighted by molar-refractivity contribution is 6.32. The number of nitro benzene ring substituents is 1. The van der Waals surface area contributed by atoms with E-state index in [2.05, 4.69) is 67.4 Å². The Balaban J connectivity index is 1.51. The second kappa shape index (κ2) is 14.5. The van der Waals surface area contributed by atoms with Gasteiger partial charge in [0.15, 0.2) is 15.8 Å². The molecule has 0 aliphatic heterocycles. The van der Waals surface area contributed by atoms with Gasteiger partial charge in [-0.05, 0) is 46.3 Å². The molecule has 0 amide bonds. The molecule has 0 radical (unpaired) electrons. The minimum Gasteiger partial charge on any atom is -0.459 e. The van der Waals surface area contributed by atoms with Crippen LogP contribution >= 0.6 is 0 Å². The summed E-state index contributed by atoms with van der Waals surface area (Å²) >= 11 is 0. The molecule has 0 heterocycles. The predicted octanol–water partition coefficient (Wildman–Crippen LogP) is 6.65. The number of hydrogen-bond acceptors (Lipinski definition) is 6. The number of carbonyl (C=O) groups is 1. The topological polar surface area (TPSA) is 91.0 Å². The monoisotopic (exact) mass is 580 g/mol. The highest BCUT2D eigenvalue weighted by atomic mass is 28.2. The van der Waals surface area contributed by atoms with E-state index in [0.717, 1.165) is 5.56 Å². The van der Waals surface area contributed by atoms with Crippen LogP contribution in [0.1, 0.15) is 48.9 Å². The Morgan fingerprint density at radius 2 is 1.40 bits per heavy atom. The molecular weight excluding hydrogens is 544 g/mol. The Kier molecular flexibility index (Phi) is 10.5. The Labute approximate surface area is 249 Å². The molecule has 4 aromatic rings. The third-order valence-electron chi connectivity index (χ3n) is 7.16. The SMILES string of the molecule is CC(O[SiH2]C(C)(C)C(c1ccccc1)c1ccccc1)[C@H](/N=C/c1ccccc1)C(=O)OCc1ccc([N+](=O)[O-])cc1. The van der Waals surface area contributed by atoms with Gasteiger partial charge in [-0.15, -0.1) is 0 Å². The summed E-state index contributed by atoms with van der Waals surface area (Å²) in [7, 11) is -1.22. The fraction of sp³-hybridized carbons (Fsp3) is 0.235. The van der Waals surface area contributed by atoms with Gasteiger partial charge in [0.05, 0.1) is 11.0 Å². The molecule has 4 aromatic carbocycles. The van der Waals surface area contributed by atoms with Gasteiger partial charge in [0.25, 0.3) is 5.69 Å². The van der Waals surface area contributed by atoms with Gasteiger partial charge in [-0.25, -0.2) is 4.79 Å². The van der Waals surface area contributed by atoms with Gasteiger partial charge in [-0.3, -0.25) is 15.1 Å². The molecule has 0 aliphatic rings. The molecule has 2 atom stereocenters. The lowest BCUT2D eigenvalue weighted by Gasteiger charge is -2.36. The molecule has 7 nitrogen and oxygen atoms in total. The normalized spacial score (nSPS) is 13.4. The number of rotatable bonds is 13. The second-order valence-corrected chi connectivity index (χ2v) is 13.4. The van der Waals surface area contributed by atoms with E-state index in [4.69, 9.17) is 9.16 Å². The van der Waals surface area contributed by atoms with E-state index in [1.807, 2.05) is 49.4 Å². The van der Waals surface area contributed by atoms with Crippen LogP contribution < -0.4 is 0 Å². The Bertz CT molecular complexity index is 1420. The number of aliphatic imine (C=N–C) groups is 1. The summed E-state index contributed by atoms with van der Waals surface area (Å²) in [5, 5.41) is 10.8. The zero-order chi connectivity index (χ0) is 30.0. The van der Waals surface area contributed by atoms with Crippen molar-refractivity contribution in [2.45, 2.75) is 50.5 Å². The molecule has 0 aliphatic carbocycles. The maximum absolute atomic E-state index is 13.3. The third-order valence-corrected chi connectivity index (χ3v) is 9.01. The lowest BCUT2D eigenvalue weighted by atomic mass is 9.82. The van der Waals surface area contributed by atoms with Crippen LogP contribution in [-0.4, -0.2) is 39.0 Å². The minimum absolute atomic E-state index is 0.0191. The first-order valence-electron chi connectivity index (χ1n) is 13.9. The Hall–Kier alpha value is -4.40. The van der Waals surface area contributed by atoms with E-state index in [-0.39, 0.29) is 23.3 Å². The number of nitrogens with zero attached hydrogens (tertiary/aromatic N) is 2. The van der Waals surface area contributed by atoms with Gasteiger partial charge in [0.2, 0.25) is 0 Å². The second-order valence-electron chi connectivity index (χ2n) is 10.9. The summed E-state index contributed by atoms with van der Waals surface area (Å²) in [6.45, 7) is 6.30. The fourth-order valence-electron chi connectivity index (χ4n) is 4.94. The van der Waals surface area contributed by atoms with Crippen LogP contribution in [0.4, 0.5) is 5.69 Å². The fourth-order valence-corrected chi connectivity index (χ4v) is 6.45. The van der Waals surface area contributed by atoms with Crippen molar-refractivity contribution in [1.82, 2.24) is 0 Å². The van der Waals surface area contributed by atoms with Crippen LogP contribution in [0.15, 0.2) is 120 Å². The number of hydrogen-bond donors (Lipinski definition) is 0. The first-order chi connectivity index (χ1) is 20.2.